The van der Waals surface area contributed by atoms with E-state index in [1.807, 2.05) is 86.4 Å². The van der Waals surface area contributed by atoms with Gasteiger partial charge in [-0.2, -0.15) is 5.10 Å². The third-order valence-corrected chi connectivity index (χ3v) is 6.32. The van der Waals surface area contributed by atoms with Crippen LogP contribution in [-0.4, -0.2) is 40.2 Å². The van der Waals surface area contributed by atoms with E-state index in [0.717, 1.165) is 53.2 Å². The maximum Gasteiger partial charge on any atom is 0.241 e. The molecule has 0 unspecified atom stereocenters. The first kappa shape index (κ1) is 24.4. The predicted molar refractivity (Wildman–Crippen MR) is 140 cm³/mol. The van der Waals surface area contributed by atoms with Crippen molar-refractivity contribution in [2.45, 2.75) is 25.8 Å². The summed E-state index contributed by atoms with van der Waals surface area (Å²) in [6, 6.07) is 26.1. The molecule has 1 amide bonds. The average molecular weight is 471 g/mol. The molecule has 0 bridgehead atoms. The minimum Gasteiger partial charge on any atom is -0.324 e. The highest BCUT2D eigenvalue weighted by Crippen LogP contribution is 2.28. The van der Waals surface area contributed by atoms with Crippen LogP contribution in [0.2, 0.25) is 0 Å². The minimum absolute atomic E-state index is 0.0349. The zero-order valence-electron chi connectivity index (χ0n) is 20.4. The van der Waals surface area contributed by atoms with Crippen molar-refractivity contribution in [3.8, 4) is 22.4 Å². The number of hydrogen-bond donors (Lipinski definition) is 1. The van der Waals surface area contributed by atoms with Gasteiger partial charge in [-0.25, -0.2) is 4.39 Å². The molecule has 180 valence electrons. The third kappa shape index (κ3) is 6.03. The lowest BCUT2D eigenvalue weighted by Gasteiger charge is -2.24. The summed E-state index contributed by atoms with van der Waals surface area (Å²) in [7, 11) is 3.86. The number of rotatable bonds is 9. The van der Waals surface area contributed by atoms with Gasteiger partial charge in [0.15, 0.2) is 0 Å². The zero-order valence-corrected chi connectivity index (χ0v) is 20.4. The van der Waals surface area contributed by atoms with Crippen LogP contribution in [0.25, 0.3) is 22.4 Å². The van der Waals surface area contributed by atoms with Crippen LogP contribution in [0.5, 0.6) is 0 Å². The number of nitrogens with one attached hydrogen (secondary N) is 1. The number of amides is 1. The molecule has 6 heteroatoms. The van der Waals surface area contributed by atoms with Crippen LogP contribution in [0, 0.1) is 5.82 Å². The zero-order chi connectivity index (χ0) is 24.8. The Morgan fingerprint density at radius 1 is 1.00 bits per heavy atom. The standard InChI is InChI=1S/C29H31FN4O/c1-21(29(35)31-27-14-8-7-13-26(27)22-10-5-4-6-11-22)33(2)19-9-12-25-20-28(34(3)32-25)23-15-17-24(30)18-16-23/h4-8,10-11,13-18,20-21H,9,12,19H2,1-3H3,(H,31,35)/t21-/m1/s1. The summed E-state index contributed by atoms with van der Waals surface area (Å²) in [5.74, 6) is -0.284. The van der Waals surface area contributed by atoms with Crippen LogP contribution in [0.1, 0.15) is 19.0 Å². The third-order valence-electron chi connectivity index (χ3n) is 6.32. The van der Waals surface area contributed by atoms with Crippen molar-refractivity contribution in [2.75, 3.05) is 18.9 Å². The first-order valence-corrected chi connectivity index (χ1v) is 11.9. The van der Waals surface area contributed by atoms with Gasteiger partial charge in [0, 0.05) is 18.3 Å². The largest absolute Gasteiger partial charge is 0.324 e. The molecule has 1 aromatic heterocycles. The van der Waals surface area contributed by atoms with E-state index in [0.29, 0.717) is 0 Å². The molecule has 35 heavy (non-hydrogen) atoms. The van der Waals surface area contributed by atoms with Crippen LogP contribution in [0.4, 0.5) is 10.1 Å². The lowest BCUT2D eigenvalue weighted by molar-refractivity contribution is -0.120. The predicted octanol–water partition coefficient (Wildman–Crippen LogP) is 5.78. The highest BCUT2D eigenvalue weighted by Gasteiger charge is 2.19. The number of halogens is 1. The molecule has 4 rings (SSSR count). The van der Waals surface area contributed by atoms with Gasteiger partial charge in [-0.1, -0.05) is 48.5 Å². The second kappa shape index (κ2) is 11.1. The highest BCUT2D eigenvalue weighted by molar-refractivity contribution is 5.98. The van der Waals surface area contributed by atoms with Gasteiger partial charge in [0.1, 0.15) is 5.82 Å². The number of anilines is 1. The van der Waals surface area contributed by atoms with E-state index in [9.17, 15) is 9.18 Å². The van der Waals surface area contributed by atoms with Crippen molar-refractivity contribution < 1.29 is 9.18 Å². The molecule has 0 aliphatic heterocycles. The number of aromatic nitrogens is 2. The summed E-state index contributed by atoms with van der Waals surface area (Å²) in [5.41, 5.74) is 5.76. The molecule has 5 nitrogen and oxygen atoms in total. The summed E-state index contributed by atoms with van der Waals surface area (Å²) in [6.45, 7) is 2.69. The van der Waals surface area contributed by atoms with Crippen molar-refractivity contribution >= 4 is 11.6 Å². The molecule has 0 fully saturated rings. The monoisotopic (exact) mass is 470 g/mol. The van der Waals surface area contributed by atoms with Crippen molar-refractivity contribution in [1.29, 1.82) is 0 Å². The van der Waals surface area contributed by atoms with Gasteiger partial charge >= 0.3 is 0 Å². The van der Waals surface area contributed by atoms with Crippen LogP contribution >= 0.6 is 0 Å². The molecular formula is C29H31FN4O. The number of aryl methyl sites for hydroxylation is 2. The second-order valence-corrected chi connectivity index (χ2v) is 8.81. The fraction of sp³-hybridized carbons (Fsp3) is 0.241. The summed E-state index contributed by atoms with van der Waals surface area (Å²) < 4.78 is 15.1. The molecule has 0 saturated carbocycles. The van der Waals surface area contributed by atoms with Gasteiger partial charge < -0.3 is 5.32 Å². The maximum absolute atomic E-state index is 13.2. The average Bonchev–Trinajstić information content (AvgIpc) is 3.25. The maximum atomic E-state index is 13.2. The van der Waals surface area contributed by atoms with Crippen molar-refractivity contribution in [1.82, 2.24) is 14.7 Å². The fourth-order valence-electron chi connectivity index (χ4n) is 4.14. The van der Waals surface area contributed by atoms with Crippen LogP contribution in [0.3, 0.4) is 0 Å². The van der Waals surface area contributed by atoms with Crippen molar-refractivity contribution in [2.24, 2.45) is 7.05 Å². The van der Waals surface area contributed by atoms with Gasteiger partial charge in [0.25, 0.3) is 0 Å². The Labute approximate surface area is 206 Å². The number of nitrogens with zero attached hydrogens (tertiary/aromatic N) is 3. The first-order valence-electron chi connectivity index (χ1n) is 11.9. The van der Waals surface area contributed by atoms with Crippen LogP contribution < -0.4 is 5.32 Å². The Hall–Kier alpha value is -3.77. The quantitative estimate of drug-likeness (QED) is 0.337. The van der Waals surface area contributed by atoms with Gasteiger partial charge in [0.05, 0.1) is 17.4 Å². The van der Waals surface area contributed by atoms with Crippen molar-refractivity contribution in [3.05, 3.63) is 96.4 Å². The molecule has 4 aromatic rings. The molecule has 0 radical (unpaired) electrons. The lowest BCUT2D eigenvalue weighted by Crippen LogP contribution is -2.40. The second-order valence-electron chi connectivity index (χ2n) is 8.81. The molecule has 0 saturated heterocycles. The van der Waals surface area contributed by atoms with Gasteiger partial charge in [-0.15, -0.1) is 0 Å². The van der Waals surface area contributed by atoms with E-state index in [2.05, 4.69) is 15.3 Å². The van der Waals surface area contributed by atoms with Crippen LogP contribution in [0.15, 0.2) is 84.9 Å². The highest BCUT2D eigenvalue weighted by atomic mass is 19.1. The van der Waals surface area contributed by atoms with E-state index >= 15 is 0 Å². The number of likely N-dealkylation sites (N-methyl/N-ethyl adjacent to an activating group) is 1. The number of hydrogen-bond acceptors (Lipinski definition) is 3. The molecule has 1 atom stereocenters. The molecule has 3 aromatic carbocycles. The van der Waals surface area contributed by atoms with Crippen LogP contribution in [-0.2, 0) is 18.3 Å². The Balaban J connectivity index is 1.32. The summed E-state index contributed by atoms with van der Waals surface area (Å²) in [6.07, 6.45) is 1.67. The van der Waals surface area contributed by atoms with E-state index in [1.54, 1.807) is 12.1 Å². The van der Waals surface area contributed by atoms with E-state index in [4.69, 9.17) is 0 Å². The SMILES string of the molecule is C[C@H](C(=O)Nc1ccccc1-c1ccccc1)N(C)CCCc1cc(-c2ccc(F)cc2)n(C)n1. The van der Waals surface area contributed by atoms with E-state index < -0.39 is 0 Å². The lowest BCUT2D eigenvalue weighted by atomic mass is 10.0. The molecule has 1 heterocycles. The molecule has 1 N–H and O–H groups in total. The van der Waals surface area contributed by atoms with Gasteiger partial charge in [-0.05, 0) is 80.9 Å². The van der Waals surface area contributed by atoms with Gasteiger partial charge in [-0.3, -0.25) is 14.4 Å². The van der Waals surface area contributed by atoms with E-state index in [-0.39, 0.29) is 17.8 Å². The Kier molecular flexibility index (Phi) is 7.73. The Bertz CT molecular complexity index is 1270. The molecule has 0 spiro atoms. The van der Waals surface area contributed by atoms with Crippen molar-refractivity contribution in [3.63, 3.8) is 0 Å². The summed E-state index contributed by atoms with van der Waals surface area (Å²) in [4.78, 5) is 15.1. The Morgan fingerprint density at radius 3 is 2.43 bits per heavy atom. The van der Waals surface area contributed by atoms with E-state index in [1.165, 1.54) is 12.1 Å². The number of para-hydroxylation sites is 1. The normalized spacial score (nSPS) is 12.0. The topological polar surface area (TPSA) is 50.2 Å². The summed E-state index contributed by atoms with van der Waals surface area (Å²) >= 11 is 0. The van der Waals surface area contributed by atoms with Gasteiger partial charge in [0.2, 0.25) is 5.91 Å². The fourth-order valence-corrected chi connectivity index (χ4v) is 4.14. The molecule has 0 aliphatic rings. The number of carbonyl (C=O) groups excluding carboxylic acids is 1. The summed E-state index contributed by atoms with van der Waals surface area (Å²) in [5, 5.41) is 7.71. The number of benzene rings is 3. The Morgan fingerprint density at radius 2 is 1.69 bits per heavy atom. The minimum atomic E-state index is -0.280. The molecular weight excluding hydrogens is 439 g/mol. The smallest absolute Gasteiger partial charge is 0.241 e. The molecule has 0 aliphatic carbocycles. The first-order chi connectivity index (χ1) is 16.9. The number of carbonyl (C=O) groups is 1.